The zero-order valence-electron chi connectivity index (χ0n) is 17.0. The van der Waals surface area contributed by atoms with Gasteiger partial charge in [0.2, 0.25) is 5.91 Å². The summed E-state index contributed by atoms with van der Waals surface area (Å²) in [7, 11) is 1.49. The Balaban J connectivity index is 1.71. The Morgan fingerprint density at radius 2 is 2.16 bits per heavy atom. The van der Waals surface area contributed by atoms with Crippen molar-refractivity contribution in [3.05, 3.63) is 75.2 Å². The van der Waals surface area contributed by atoms with E-state index in [4.69, 9.17) is 28.6 Å². The maximum Gasteiger partial charge on any atom is 0.250 e. The third-order valence-electron chi connectivity index (χ3n) is 5.02. The van der Waals surface area contributed by atoms with Crippen molar-refractivity contribution >= 4 is 57.5 Å². The van der Waals surface area contributed by atoms with E-state index in [9.17, 15) is 4.79 Å². The fourth-order valence-corrected chi connectivity index (χ4v) is 5.20. The number of amides is 1. The molecule has 0 aliphatic carbocycles. The van der Waals surface area contributed by atoms with Crippen LogP contribution in [0.15, 0.2) is 54.7 Å². The van der Waals surface area contributed by atoms with Crippen molar-refractivity contribution in [3.8, 4) is 0 Å². The second-order valence-corrected chi connectivity index (χ2v) is 9.25. The number of aromatic nitrogens is 1. The van der Waals surface area contributed by atoms with Gasteiger partial charge in [0.15, 0.2) is 5.11 Å². The zero-order chi connectivity index (χ0) is 22.0. The first-order chi connectivity index (χ1) is 15.0. The number of nitrogens with zero attached hydrogens (tertiary/aromatic N) is 2. The molecule has 160 valence electrons. The fourth-order valence-electron chi connectivity index (χ4n) is 3.66. The minimum atomic E-state index is -0.196. The molecule has 1 aliphatic heterocycles. The van der Waals surface area contributed by atoms with Crippen LogP contribution in [0.4, 0.5) is 11.4 Å². The quantitative estimate of drug-likeness (QED) is 0.499. The van der Waals surface area contributed by atoms with Crippen LogP contribution in [0.3, 0.4) is 0 Å². The van der Waals surface area contributed by atoms with Gasteiger partial charge in [0.05, 0.1) is 22.1 Å². The molecule has 4 rings (SSSR count). The number of carbonyl (C=O) groups excluding carboxylic acids is 1. The highest BCUT2D eigenvalue weighted by molar-refractivity contribution is 7.80. The highest BCUT2D eigenvalue weighted by Crippen LogP contribution is 2.44. The predicted octanol–water partition coefficient (Wildman–Crippen LogP) is 4.87. The minimum Gasteiger partial charge on any atom is -0.375 e. The lowest BCUT2D eigenvalue weighted by atomic mass is 10.0. The summed E-state index contributed by atoms with van der Waals surface area (Å²) in [6.07, 6.45) is 1.78. The lowest BCUT2D eigenvalue weighted by Crippen LogP contribution is -2.29. The Labute approximate surface area is 195 Å². The first-order valence-corrected chi connectivity index (χ1v) is 11.2. The lowest BCUT2D eigenvalue weighted by Gasteiger charge is -2.27. The molecule has 0 saturated carbocycles. The third kappa shape index (κ3) is 4.57. The summed E-state index contributed by atoms with van der Waals surface area (Å²) in [6, 6.07) is 15.4. The van der Waals surface area contributed by atoms with E-state index in [2.05, 4.69) is 20.5 Å². The zero-order valence-corrected chi connectivity index (χ0v) is 19.4. The van der Waals surface area contributed by atoms with Gasteiger partial charge in [0, 0.05) is 29.6 Å². The van der Waals surface area contributed by atoms with E-state index in [0.717, 1.165) is 31.8 Å². The number of pyridine rings is 1. The van der Waals surface area contributed by atoms with Gasteiger partial charge in [-0.3, -0.25) is 9.78 Å². The molecule has 1 amide bonds. The smallest absolute Gasteiger partial charge is 0.250 e. The molecule has 3 heterocycles. The number of carbonyl (C=O) groups is 1. The van der Waals surface area contributed by atoms with Crippen molar-refractivity contribution < 1.29 is 9.53 Å². The van der Waals surface area contributed by atoms with E-state index >= 15 is 0 Å². The summed E-state index contributed by atoms with van der Waals surface area (Å²) in [6.45, 7) is 1.96. The van der Waals surface area contributed by atoms with Gasteiger partial charge >= 0.3 is 0 Å². The third-order valence-corrected chi connectivity index (χ3v) is 6.64. The number of halogens is 1. The average molecular weight is 473 g/mol. The summed E-state index contributed by atoms with van der Waals surface area (Å²) in [4.78, 5) is 19.6. The maximum atomic E-state index is 11.9. The second kappa shape index (κ2) is 9.32. The van der Waals surface area contributed by atoms with Gasteiger partial charge in [0.1, 0.15) is 6.61 Å². The summed E-state index contributed by atoms with van der Waals surface area (Å²) in [5.74, 6) is -0.196. The van der Waals surface area contributed by atoms with Crippen molar-refractivity contribution in [3.63, 3.8) is 0 Å². The fraction of sp³-hybridized carbons (Fsp3) is 0.227. The molecule has 1 saturated heterocycles. The van der Waals surface area contributed by atoms with Crippen LogP contribution in [0.5, 0.6) is 0 Å². The van der Waals surface area contributed by atoms with Crippen LogP contribution in [0.25, 0.3) is 0 Å². The lowest BCUT2D eigenvalue weighted by molar-refractivity contribution is -0.119. The number of thiophene rings is 1. The topological polar surface area (TPSA) is 66.5 Å². The Kier molecular flexibility index (Phi) is 6.52. The van der Waals surface area contributed by atoms with Crippen LogP contribution in [0.2, 0.25) is 4.34 Å². The molecule has 1 aliphatic rings. The molecule has 2 N–H and O–H groups in total. The van der Waals surface area contributed by atoms with Crippen molar-refractivity contribution in [2.75, 3.05) is 23.9 Å². The molecule has 2 atom stereocenters. The number of hydrogen-bond acceptors (Lipinski definition) is 5. The minimum absolute atomic E-state index is 0.00822. The van der Waals surface area contributed by atoms with Crippen LogP contribution in [0, 0.1) is 6.92 Å². The van der Waals surface area contributed by atoms with E-state index in [1.165, 1.54) is 18.4 Å². The number of rotatable bonds is 6. The van der Waals surface area contributed by atoms with E-state index in [0.29, 0.717) is 5.11 Å². The van der Waals surface area contributed by atoms with Crippen LogP contribution < -0.4 is 15.5 Å². The molecular weight excluding hydrogens is 452 g/mol. The monoisotopic (exact) mass is 472 g/mol. The number of hydrogen-bond donors (Lipinski definition) is 2. The van der Waals surface area contributed by atoms with Gasteiger partial charge in [-0.2, -0.15) is 0 Å². The van der Waals surface area contributed by atoms with Crippen LogP contribution >= 0.6 is 35.2 Å². The first-order valence-electron chi connectivity index (χ1n) is 9.63. The average Bonchev–Trinajstić information content (AvgIpc) is 3.33. The summed E-state index contributed by atoms with van der Waals surface area (Å²) < 4.78 is 5.61. The highest BCUT2D eigenvalue weighted by Gasteiger charge is 2.41. The van der Waals surface area contributed by atoms with Crippen molar-refractivity contribution in [1.82, 2.24) is 10.3 Å². The Hall–Kier alpha value is -2.52. The predicted molar refractivity (Wildman–Crippen MR) is 129 cm³/mol. The molecule has 31 heavy (non-hydrogen) atoms. The molecule has 6 nitrogen and oxygen atoms in total. The van der Waals surface area contributed by atoms with Crippen LogP contribution in [0.1, 0.15) is 28.2 Å². The molecule has 0 bridgehead atoms. The standard InChI is InChI=1S/C22H21ClN4O2S2/c1-13-11-14(6-7-15(13)25-19(28)12-29-2)27-21(17-8-9-18(23)31-17)20(26-22(27)30)16-5-3-4-10-24-16/h3-11,20-21H,12H2,1-2H3,(H,25,28)(H,26,30)/t20-,21-/m0/s1. The Morgan fingerprint density at radius 3 is 2.81 bits per heavy atom. The Morgan fingerprint density at radius 1 is 1.32 bits per heavy atom. The molecular formula is C22H21ClN4O2S2. The van der Waals surface area contributed by atoms with Crippen molar-refractivity contribution in [2.24, 2.45) is 0 Å². The molecule has 0 radical (unpaired) electrons. The van der Waals surface area contributed by atoms with Crippen LogP contribution in [-0.4, -0.2) is 29.7 Å². The summed E-state index contributed by atoms with van der Waals surface area (Å²) in [5, 5.41) is 6.91. The van der Waals surface area contributed by atoms with Gasteiger partial charge in [-0.25, -0.2) is 0 Å². The second-order valence-electron chi connectivity index (χ2n) is 7.12. The number of nitrogens with one attached hydrogen (secondary N) is 2. The molecule has 1 aromatic carbocycles. The molecule has 1 fully saturated rings. The highest BCUT2D eigenvalue weighted by atomic mass is 35.5. The Bertz CT molecular complexity index is 1110. The van der Waals surface area contributed by atoms with Crippen LogP contribution in [-0.2, 0) is 9.53 Å². The van der Waals surface area contributed by atoms with Gasteiger partial charge < -0.3 is 20.3 Å². The van der Waals surface area contributed by atoms with Gasteiger partial charge in [-0.1, -0.05) is 17.7 Å². The molecule has 0 spiro atoms. The normalized spacial score (nSPS) is 18.2. The number of aryl methyl sites for hydroxylation is 1. The van der Waals surface area contributed by atoms with Crippen molar-refractivity contribution in [2.45, 2.75) is 19.0 Å². The number of thiocarbonyl (C=S) groups is 1. The number of methoxy groups -OCH3 is 1. The SMILES string of the molecule is COCC(=O)Nc1ccc(N2C(=S)N[C@@H](c3ccccn3)[C@@H]2c2ccc(Cl)s2)cc1C. The van der Waals surface area contributed by atoms with Gasteiger partial charge in [-0.15, -0.1) is 11.3 Å². The van der Waals surface area contributed by atoms with Gasteiger partial charge in [0.25, 0.3) is 0 Å². The molecule has 2 aromatic heterocycles. The molecule has 0 unspecified atom stereocenters. The molecule has 9 heteroatoms. The van der Waals surface area contributed by atoms with E-state index in [1.807, 2.05) is 55.5 Å². The number of ether oxygens (including phenoxy) is 1. The molecule has 3 aromatic rings. The largest absolute Gasteiger partial charge is 0.375 e. The maximum absolute atomic E-state index is 11.9. The summed E-state index contributed by atoms with van der Waals surface area (Å²) >= 11 is 13.5. The first kappa shape index (κ1) is 21.7. The number of anilines is 2. The van der Waals surface area contributed by atoms with E-state index in [-0.39, 0.29) is 24.6 Å². The summed E-state index contributed by atoms with van der Waals surface area (Å²) in [5.41, 5.74) is 3.49. The van der Waals surface area contributed by atoms with Gasteiger partial charge in [-0.05, 0) is 67.2 Å². The van der Waals surface area contributed by atoms with Crippen molar-refractivity contribution in [1.29, 1.82) is 0 Å². The van der Waals surface area contributed by atoms with E-state index < -0.39 is 0 Å². The number of benzene rings is 1. The van der Waals surface area contributed by atoms with E-state index in [1.54, 1.807) is 6.20 Å².